The predicted octanol–water partition coefficient (Wildman–Crippen LogP) is 4.34. The van der Waals surface area contributed by atoms with Crippen LogP contribution in [0.15, 0.2) is 46.2 Å². The maximum atomic E-state index is 13.2. The van der Waals surface area contributed by atoms with Crippen LogP contribution in [-0.4, -0.2) is 39.8 Å². The van der Waals surface area contributed by atoms with Gasteiger partial charge in [-0.25, -0.2) is 9.78 Å². The van der Waals surface area contributed by atoms with Gasteiger partial charge < -0.3 is 24.9 Å². The van der Waals surface area contributed by atoms with Crippen molar-refractivity contribution >= 4 is 34.4 Å². The molecule has 0 aliphatic rings. The van der Waals surface area contributed by atoms with Crippen LogP contribution in [0.3, 0.4) is 0 Å². The quantitative estimate of drug-likeness (QED) is 0.426. The number of thiophene rings is 1. The zero-order valence-electron chi connectivity index (χ0n) is 19.3. The third-order valence-electron chi connectivity index (χ3n) is 4.86. The zero-order valence-corrected chi connectivity index (χ0v) is 20.1. The lowest BCUT2D eigenvalue weighted by Gasteiger charge is -2.26. The van der Waals surface area contributed by atoms with Crippen molar-refractivity contribution in [3.8, 4) is 0 Å². The summed E-state index contributed by atoms with van der Waals surface area (Å²) in [4.78, 5) is 30.9. The number of nitrogens with zero attached hydrogens (tertiary/aromatic N) is 1. The highest BCUT2D eigenvalue weighted by Gasteiger charge is 2.31. The minimum atomic E-state index is -1.13. The molecule has 0 bridgehead atoms. The Labute approximate surface area is 197 Å². The van der Waals surface area contributed by atoms with Gasteiger partial charge in [-0.3, -0.25) is 4.79 Å². The van der Waals surface area contributed by atoms with Gasteiger partial charge in [0.15, 0.2) is 11.7 Å². The summed E-state index contributed by atoms with van der Waals surface area (Å²) in [7, 11) is 0. The van der Waals surface area contributed by atoms with Crippen molar-refractivity contribution in [3.05, 3.63) is 52.5 Å². The van der Waals surface area contributed by atoms with Crippen molar-refractivity contribution in [2.24, 2.45) is 0 Å². The maximum Gasteiger partial charge on any atom is 0.408 e. The summed E-state index contributed by atoms with van der Waals surface area (Å²) in [6.07, 6.45) is -0.280. The van der Waals surface area contributed by atoms with Gasteiger partial charge in [0.1, 0.15) is 17.2 Å². The van der Waals surface area contributed by atoms with E-state index in [1.54, 1.807) is 32.9 Å². The second-order valence-electron chi connectivity index (χ2n) is 8.85. The Kier molecular flexibility index (Phi) is 8.10. The molecule has 3 rings (SSSR count). The molecule has 0 radical (unpaired) electrons. The highest BCUT2D eigenvalue weighted by molar-refractivity contribution is 7.09. The van der Waals surface area contributed by atoms with E-state index in [0.29, 0.717) is 23.9 Å². The lowest BCUT2D eigenvalue weighted by molar-refractivity contribution is -0.125. The number of aliphatic hydroxyl groups excluding tert-OH is 1. The van der Waals surface area contributed by atoms with E-state index in [-0.39, 0.29) is 5.89 Å². The topological polar surface area (TPSA) is 114 Å². The van der Waals surface area contributed by atoms with Crippen molar-refractivity contribution in [1.29, 1.82) is 0 Å². The summed E-state index contributed by atoms with van der Waals surface area (Å²) in [5.74, 6) is -0.271. The summed E-state index contributed by atoms with van der Waals surface area (Å²) in [5.41, 5.74) is 0.507. The van der Waals surface area contributed by atoms with E-state index in [0.717, 1.165) is 11.3 Å². The molecule has 3 atom stereocenters. The molecule has 1 aromatic carbocycles. The summed E-state index contributed by atoms with van der Waals surface area (Å²) in [6.45, 7) is 7.23. The fourth-order valence-electron chi connectivity index (χ4n) is 3.38. The molecule has 2 unspecified atom stereocenters. The van der Waals surface area contributed by atoms with Crippen molar-refractivity contribution < 1.29 is 23.8 Å². The predicted molar refractivity (Wildman–Crippen MR) is 127 cm³/mol. The largest absolute Gasteiger partial charge is 0.444 e. The number of hydrogen-bond acceptors (Lipinski definition) is 7. The number of aliphatic hydroxyl groups is 1. The Morgan fingerprint density at radius 3 is 2.58 bits per heavy atom. The molecule has 2 amide bonds. The van der Waals surface area contributed by atoms with E-state index in [4.69, 9.17) is 9.15 Å². The third-order valence-corrected chi connectivity index (χ3v) is 5.76. The van der Waals surface area contributed by atoms with Crippen LogP contribution < -0.4 is 10.6 Å². The van der Waals surface area contributed by atoms with Crippen LogP contribution in [0, 0.1) is 0 Å². The Bertz CT molecular complexity index is 1020. The number of carbonyl (C=O) groups excluding carboxylic acids is 2. The van der Waals surface area contributed by atoms with Gasteiger partial charge in [-0.05, 0) is 50.8 Å². The molecule has 8 nitrogen and oxygen atoms in total. The molecule has 3 N–H and O–H groups in total. The first-order valence-electron chi connectivity index (χ1n) is 11.0. The zero-order chi connectivity index (χ0) is 24.0. The third kappa shape index (κ3) is 7.03. The number of aromatic nitrogens is 1. The number of carbonyl (C=O) groups is 2. The first-order chi connectivity index (χ1) is 15.7. The Balaban J connectivity index is 1.76. The molecule has 2 heterocycles. The van der Waals surface area contributed by atoms with E-state index in [2.05, 4.69) is 15.6 Å². The number of para-hydroxylation sites is 2. The Hall–Kier alpha value is -2.91. The summed E-state index contributed by atoms with van der Waals surface area (Å²) < 4.78 is 11.0. The van der Waals surface area contributed by atoms with Gasteiger partial charge in [-0.1, -0.05) is 31.5 Å². The lowest BCUT2D eigenvalue weighted by atomic mass is 10.0. The van der Waals surface area contributed by atoms with Gasteiger partial charge in [-0.2, -0.15) is 0 Å². The standard InChI is InChI=1S/C24H31N3O5S/c1-5-9-17(20(28)22-26-16-11-6-7-12-19(16)31-22)25-21(29)18(14-15-10-8-13-33-15)27-23(30)32-24(2,3)4/h6-8,10-13,17-18,20,28H,5,9,14H2,1-4H3,(H,25,29)(H,27,30)/t17?,18-,20?/m0/s1. The molecule has 2 aromatic heterocycles. The van der Waals surface area contributed by atoms with Crippen LogP contribution in [-0.2, 0) is 16.0 Å². The summed E-state index contributed by atoms with van der Waals surface area (Å²) >= 11 is 1.50. The van der Waals surface area contributed by atoms with Crippen LogP contribution in [0.4, 0.5) is 4.79 Å². The van der Waals surface area contributed by atoms with Crippen LogP contribution in [0.1, 0.15) is 57.4 Å². The Morgan fingerprint density at radius 2 is 1.94 bits per heavy atom. The van der Waals surface area contributed by atoms with Crippen molar-refractivity contribution in [2.75, 3.05) is 0 Å². The van der Waals surface area contributed by atoms with Crippen molar-refractivity contribution in [1.82, 2.24) is 15.6 Å². The van der Waals surface area contributed by atoms with Gasteiger partial charge in [0, 0.05) is 11.3 Å². The molecular weight excluding hydrogens is 442 g/mol. The molecule has 9 heteroatoms. The average Bonchev–Trinajstić information content (AvgIpc) is 3.40. The highest BCUT2D eigenvalue weighted by Crippen LogP contribution is 2.24. The first kappa shape index (κ1) is 24.7. The minimum absolute atomic E-state index is 0.143. The fraction of sp³-hybridized carbons (Fsp3) is 0.458. The smallest absolute Gasteiger partial charge is 0.408 e. The fourth-order valence-corrected chi connectivity index (χ4v) is 4.13. The molecular formula is C24H31N3O5S. The van der Waals surface area contributed by atoms with Gasteiger partial charge in [-0.15, -0.1) is 11.3 Å². The number of alkyl carbamates (subject to hydrolysis) is 1. The highest BCUT2D eigenvalue weighted by atomic mass is 32.1. The van der Waals surface area contributed by atoms with Crippen molar-refractivity contribution in [2.45, 2.75) is 70.7 Å². The monoisotopic (exact) mass is 473 g/mol. The summed E-state index contributed by atoms with van der Waals surface area (Å²) in [6, 6.07) is 9.52. The summed E-state index contributed by atoms with van der Waals surface area (Å²) in [5, 5.41) is 18.4. The second kappa shape index (κ2) is 10.8. The van der Waals surface area contributed by atoms with Crippen LogP contribution in [0.5, 0.6) is 0 Å². The van der Waals surface area contributed by atoms with Gasteiger partial charge in [0.05, 0.1) is 6.04 Å². The Morgan fingerprint density at radius 1 is 1.18 bits per heavy atom. The molecule has 33 heavy (non-hydrogen) atoms. The molecule has 0 saturated heterocycles. The molecule has 178 valence electrons. The molecule has 0 aliphatic heterocycles. The number of rotatable bonds is 9. The molecule has 3 aromatic rings. The van der Waals surface area contributed by atoms with E-state index in [1.807, 2.05) is 36.6 Å². The van der Waals surface area contributed by atoms with E-state index in [9.17, 15) is 14.7 Å². The maximum absolute atomic E-state index is 13.2. The van der Waals surface area contributed by atoms with Gasteiger partial charge in [0.25, 0.3) is 0 Å². The number of amides is 2. The van der Waals surface area contributed by atoms with E-state index in [1.165, 1.54) is 11.3 Å². The molecule has 0 saturated carbocycles. The van der Waals surface area contributed by atoms with E-state index >= 15 is 0 Å². The van der Waals surface area contributed by atoms with Crippen LogP contribution in [0.2, 0.25) is 0 Å². The van der Waals surface area contributed by atoms with Crippen LogP contribution in [0.25, 0.3) is 11.1 Å². The van der Waals surface area contributed by atoms with Gasteiger partial charge >= 0.3 is 6.09 Å². The van der Waals surface area contributed by atoms with Gasteiger partial charge in [0.2, 0.25) is 11.8 Å². The number of benzene rings is 1. The second-order valence-corrected chi connectivity index (χ2v) is 9.88. The number of ether oxygens (including phenoxy) is 1. The average molecular weight is 474 g/mol. The normalized spacial score (nSPS) is 14.5. The molecule has 0 fully saturated rings. The number of nitrogens with one attached hydrogen (secondary N) is 2. The van der Waals surface area contributed by atoms with E-state index < -0.39 is 35.8 Å². The van der Waals surface area contributed by atoms with Crippen LogP contribution >= 0.6 is 11.3 Å². The lowest BCUT2D eigenvalue weighted by Crippen LogP contribution is -2.52. The number of fused-ring (bicyclic) bond motifs is 1. The minimum Gasteiger partial charge on any atom is -0.444 e. The molecule has 0 spiro atoms. The van der Waals surface area contributed by atoms with Crippen molar-refractivity contribution in [3.63, 3.8) is 0 Å². The molecule has 0 aliphatic carbocycles. The number of hydrogen-bond donors (Lipinski definition) is 3. The first-order valence-corrected chi connectivity index (χ1v) is 11.9. The number of oxazole rings is 1. The SMILES string of the molecule is CCCC(NC(=O)[C@H](Cc1cccs1)NC(=O)OC(C)(C)C)C(O)c1nc2ccccc2o1.